The Morgan fingerprint density at radius 3 is 2.17 bits per heavy atom. The van der Waals surface area contributed by atoms with Gasteiger partial charge in [0.05, 0.1) is 20.8 Å². The zero-order chi connectivity index (χ0) is 20.5. The number of hydrogen-bond acceptors (Lipinski definition) is 4. The summed E-state index contributed by atoms with van der Waals surface area (Å²) < 4.78 is 10.6. The van der Waals surface area contributed by atoms with E-state index < -0.39 is 0 Å². The van der Waals surface area contributed by atoms with Crippen molar-refractivity contribution in [3.63, 3.8) is 0 Å². The number of benzene rings is 3. The lowest BCUT2D eigenvalue weighted by Crippen LogP contribution is -2.31. The number of nitrogens with one attached hydrogen (secondary N) is 1. The highest BCUT2D eigenvalue weighted by Crippen LogP contribution is 2.29. The summed E-state index contributed by atoms with van der Waals surface area (Å²) in [6.45, 7) is 1.06. The van der Waals surface area contributed by atoms with Gasteiger partial charge in [0, 0.05) is 30.4 Å². The molecular weight excluding hydrogens is 364 g/mol. The monoisotopic (exact) mass is 390 g/mol. The molecule has 1 N–H and O–H groups in total. The molecule has 0 atom stereocenters. The summed E-state index contributed by atoms with van der Waals surface area (Å²) in [6.07, 6.45) is 0.371. The quantitative estimate of drug-likeness (QED) is 0.573. The van der Waals surface area contributed by atoms with E-state index in [1.54, 1.807) is 14.2 Å². The van der Waals surface area contributed by atoms with Gasteiger partial charge in [0.2, 0.25) is 5.91 Å². The van der Waals surface area contributed by atoms with Gasteiger partial charge < -0.3 is 19.7 Å². The smallest absolute Gasteiger partial charge is 0.229 e. The molecular formula is C24H26N2O3. The first kappa shape index (κ1) is 20.3. The molecule has 3 aromatic carbocycles. The normalized spacial score (nSPS) is 10.3. The summed E-state index contributed by atoms with van der Waals surface area (Å²) in [5.74, 6) is 1.39. The Hall–Kier alpha value is -3.47. The highest BCUT2D eigenvalue weighted by atomic mass is 16.5. The molecule has 1 amide bonds. The van der Waals surface area contributed by atoms with Crippen LogP contribution in [0, 0.1) is 0 Å². The maximum atomic E-state index is 13.0. The van der Waals surface area contributed by atoms with Crippen LogP contribution in [0.5, 0.6) is 11.5 Å². The third-order valence-electron chi connectivity index (χ3n) is 4.60. The van der Waals surface area contributed by atoms with Crippen molar-refractivity contribution in [3.8, 4) is 11.5 Å². The van der Waals surface area contributed by atoms with Gasteiger partial charge >= 0.3 is 0 Å². The van der Waals surface area contributed by atoms with Gasteiger partial charge in [-0.2, -0.15) is 0 Å². The van der Waals surface area contributed by atoms with Crippen LogP contribution >= 0.6 is 0 Å². The van der Waals surface area contributed by atoms with Crippen LogP contribution in [0.3, 0.4) is 0 Å². The first-order valence-electron chi connectivity index (χ1n) is 9.56. The van der Waals surface area contributed by atoms with E-state index in [1.165, 1.54) is 0 Å². The molecule has 0 aliphatic heterocycles. The number of amides is 1. The molecule has 0 bridgehead atoms. The Morgan fingerprint density at radius 2 is 1.52 bits per heavy atom. The van der Waals surface area contributed by atoms with Crippen LogP contribution in [-0.4, -0.2) is 26.7 Å². The number of methoxy groups -OCH3 is 2. The molecule has 0 aliphatic carbocycles. The number of hydrogen-bond donors (Lipinski definition) is 1. The van der Waals surface area contributed by atoms with Crippen LogP contribution in [0.15, 0.2) is 78.9 Å². The Kier molecular flexibility index (Phi) is 7.11. The number of nitrogens with zero attached hydrogens (tertiary/aromatic N) is 1. The maximum Gasteiger partial charge on any atom is 0.229 e. The molecule has 3 rings (SSSR count). The average Bonchev–Trinajstić information content (AvgIpc) is 2.78. The molecule has 150 valence electrons. The first-order valence-corrected chi connectivity index (χ1v) is 9.56. The maximum absolute atomic E-state index is 13.0. The molecule has 0 heterocycles. The lowest BCUT2D eigenvalue weighted by atomic mass is 10.2. The number of para-hydroxylation sites is 1. The zero-order valence-electron chi connectivity index (χ0n) is 16.8. The molecule has 0 spiro atoms. The number of rotatable bonds is 9. The molecule has 0 saturated carbocycles. The summed E-state index contributed by atoms with van der Waals surface area (Å²) in [4.78, 5) is 14.8. The van der Waals surface area contributed by atoms with Crippen LogP contribution in [-0.2, 0) is 11.3 Å². The van der Waals surface area contributed by atoms with Gasteiger partial charge in [0.1, 0.15) is 0 Å². The fraction of sp³-hybridized carbons (Fsp3) is 0.208. The van der Waals surface area contributed by atoms with Crippen molar-refractivity contribution in [1.82, 2.24) is 0 Å². The van der Waals surface area contributed by atoms with E-state index in [2.05, 4.69) is 5.32 Å². The predicted molar refractivity (Wildman–Crippen MR) is 117 cm³/mol. The van der Waals surface area contributed by atoms with Gasteiger partial charge in [-0.15, -0.1) is 0 Å². The Bertz CT molecular complexity index is 914. The van der Waals surface area contributed by atoms with Crippen molar-refractivity contribution in [3.05, 3.63) is 84.4 Å². The summed E-state index contributed by atoms with van der Waals surface area (Å²) >= 11 is 0. The Balaban J connectivity index is 1.65. The summed E-state index contributed by atoms with van der Waals surface area (Å²) in [7, 11) is 3.21. The lowest BCUT2D eigenvalue weighted by molar-refractivity contribution is -0.118. The largest absolute Gasteiger partial charge is 0.493 e. The number of anilines is 2. The van der Waals surface area contributed by atoms with Crippen molar-refractivity contribution < 1.29 is 14.3 Å². The highest BCUT2D eigenvalue weighted by Gasteiger charge is 2.16. The minimum Gasteiger partial charge on any atom is -0.493 e. The van der Waals surface area contributed by atoms with Gasteiger partial charge in [-0.05, 0) is 29.8 Å². The second-order valence-corrected chi connectivity index (χ2v) is 6.55. The number of ether oxygens (including phenoxy) is 2. The van der Waals surface area contributed by atoms with Crippen molar-refractivity contribution in [2.45, 2.75) is 13.0 Å². The summed E-state index contributed by atoms with van der Waals surface area (Å²) in [5, 5.41) is 3.29. The van der Waals surface area contributed by atoms with E-state index in [0.717, 1.165) is 16.9 Å². The summed E-state index contributed by atoms with van der Waals surface area (Å²) in [6, 6.07) is 25.4. The van der Waals surface area contributed by atoms with E-state index in [9.17, 15) is 4.79 Å². The van der Waals surface area contributed by atoms with Gasteiger partial charge in [-0.25, -0.2) is 0 Å². The minimum absolute atomic E-state index is 0.0630. The second-order valence-electron chi connectivity index (χ2n) is 6.55. The molecule has 0 aromatic heterocycles. The molecule has 29 heavy (non-hydrogen) atoms. The molecule has 0 radical (unpaired) electrons. The summed E-state index contributed by atoms with van der Waals surface area (Å²) in [5.41, 5.74) is 2.87. The first-order chi connectivity index (χ1) is 14.2. The molecule has 3 aromatic rings. The van der Waals surface area contributed by atoms with Crippen LogP contribution < -0.4 is 19.7 Å². The topological polar surface area (TPSA) is 50.8 Å². The fourth-order valence-electron chi connectivity index (χ4n) is 3.09. The van der Waals surface area contributed by atoms with Crippen LogP contribution in [0.25, 0.3) is 0 Å². The number of carbonyl (C=O) groups excluding carboxylic acids is 1. The van der Waals surface area contributed by atoms with Gasteiger partial charge in [0.15, 0.2) is 11.5 Å². The minimum atomic E-state index is 0.0630. The van der Waals surface area contributed by atoms with Gasteiger partial charge in [-0.3, -0.25) is 4.79 Å². The second kappa shape index (κ2) is 10.2. The molecule has 0 saturated heterocycles. The van der Waals surface area contributed by atoms with Crippen LogP contribution in [0.2, 0.25) is 0 Å². The van der Waals surface area contributed by atoms with Gasteiger partial charge in [-0.1, -0.05) is 48.5 Å². The van der Waals surface area contributed by atoms with E-state index in [-0.39, 0.29) is 5.91 Å². The highest BCUT2D eigenvalue weighted by molar-refractivity contribution is 5.93. The standard InChI is InChI=1S/C24H26N2O3/c1-28-22-14-13-20(17-23(22)29-2)25-16-15-24(27)26(21-11-7-4-8-12-21)18-19-9-5-3-6-10-19/h3-14,17,25H,15-16,18H2,1-2H3. The SMILES string of the molecule is COc1ccc(NCCC(=O)N(Cc2ccccc2)c2ccccc2)cc1OC. The van der Waals surface area contributed by atoms with E-state index in [4.69, 9.17) is 9.47 Å². The fourth-order valence-corrected chi connectivity index (χ4v) is 3.09. The predicted octanol–water partition coefficient (Wildman–Crippen LogP) is 4.74. The van der Waals surface area contributed by atoms with Crippen molar-refractivity contribution >= 4 is 17.3 Å². The Labute approximate surface area is 171 Å². The third-order valence-corrected chi connectivity index (χ3v) is 4.60. The van der Waals surface area contributed by atoms with Gasteiger partial charge in [0.25, 0.3) is 0 Å². The molecule has 0 aliphatic rings. The Morgan fingerprint density at radius 1 is 0.862 bits per heavy atom. The van der Waals surface area contributed by atoms with Crippen LogP contribution in [0.1, 0.15) is 12.0 Å². The third kappa shape index (κ3) is 5.51. The van der Waals surface area contributed by atoms with E-state index in [0.29, 0.717) is 31.0 Å². The van der Waals surface area contributed by atoms with E-state index in [1.807, 2.05) is 83.8 Å². The van der Waals surface area contributed by atoms with Crippen LogP contribution in [0.4, 0.5) is 11.4 Å². The molecule has 0 fully saturated rings. The molecule has 5 nitrogen and oxygen atoms in total. The lowest BCUT2D eigenvalue weighted by Gasteiger charge is -2.23. The zero-order valence-corrected chi connectivity index (χ0v) is 16.8. The average molecular weight is 390 g/mol. The number of carbonyl (C=O) groups is 1. The molecule has 5 heteroatoms. The van der Waals surface area contributed by atoms with Crippen molar-refractivity contribution in [1.29, 1.82) is 0 Å². The van der Waals surface area contributed by atoms with E-state index >= 15 is 0 Å². The van der Waals surface area contributed by atoms with Crippen molar-refractivity contribution in [2.75, 3.05) is 31.0 Å². The molecule has 0 unspecified atom stereocenters. The van der Waals surface area contributed by atoms with Crippen molar-refractivity contribution in [2.24, 2.45) is 0 Å².